The topological polar surface area (TPSA) is 76.3 Å². The van der Waals surface area contributed by atoms with Crippen molar-refractivity contribution in [2.45, 2.75) is 13.3 Å². The molecule has 0 unspecified atom stereocenters. The Kier molecular flexibility index (Phi) is 4.50. The van der Waals surface area contributed by atoms with Crippen LogP contribution in [0.4, 0.5) is 10.1 Å². The van der Waals surface area contributed by atoms with Gasteiger partial charge in [-0.3, -0.25) is 14.6 Å². The van der Waals surface area contributed by atoms with Gasteiger partial charge in [-0.1, -0.05) is 13.0 Å². The zero-order chi connectivity index (χ0) is 16.3. The predicted octanol–water partition coefficient (Wildman–Crippen LogP) is 2.16. The minimum atomic E-state index is -0.792. The van der Waals surface area contributed by atoms with Crippen molar-refractivity contribution in [1.82, 2.24) is 4.98 Å². The van der Waals surface area contributed by atoms with Gasteiger partial charge in [-0.15, -0.1) is 0 Å². The van der Waals surface area contributed by atoms with Crippen molar-refractivity contribution < 1.29 is 14.0 Å². The van der Waals surface area contributed by atoms with Crippen LogP contribution in [0, 0.1) is 5.82 Å². The largest absolute Gasteiger partial charge is 0.366 e. The second-order valence-corrected chi connectivity index (χ2v) is 4.75. The number of para-hydroxylation sites is 1. The molecule has 2 N–H and O–H groups in total. The van der Waals surface area contributed by atoms with Crippen LogP contribution in [0.2, 0.25) is 0 Å². The summed E-state index contributed by atoms with van der Waals surface area (Å²) in [6.07, 6.45) is 3.71. The monoisotopic (exact) mass is 301 g/mol. The van der Waals surface area contributed by atoms with Crippen molar-refractivity contribution in [2.75, 3.05) is 11.9 Å². The van der Waals surface area contributed by atoms with E-state index >= 15 is 0 Å². The number of anilines is 1. The third kappa shape index (κ3) is 2.81. The minimum Gasteiger partial charge on any atom is -0.366 e. The van der Waals surface area contributed by atoms with Crippen LogP contribution in [-0.4, -0.2) is 23.8 Å². The standard InChI is InChI=1S/C16H16FN3O2/c1-3-10-9-19-8-7-11(10)16(22)20(2)14-12(15(18)21)5-4-6-13(14)17/h4-9H,3H2,1-2H3,(H2,18,21). The van der Waals surface area contributed by atoms with Crippen molar-refractivity contribution in [1.29, 1.82) is 0 Å². The molecule has 2 amide bonds. The van der Waals surface area contributed by atoms with Gasteiger partial charge in [0, 0.05) is 25.0 Å². The van der Waals surface area contributed by atoms with Gasteiger partial charge in [-0.05, 0) is 30.2 Å². The number of hydrogen-bond acceptors (Lipinski definition) is 3. The molecule has 0 aliphatic carbocycles. The molecular formula is C16H16FN3O2. The van der Waals surface area contributed by atoms with Crippen molar-refractivity contribution >= 4 is 17.5 Å². The van der Waals surface area contributed by atoms with E-state index in [1.165, 1.54) is 31.4 Å². The van der Waals surface area contributed by atoms with Crippen molar-refractivity contribution in [3.8, 4) is 0 Å². The molecule has 0 saturated carbocycles. The summed E-state index contributed by atoms with van der Waals surface area (Å²) in [5.74, 6) is -1.90. The van der Waals surface area contributed by atoms with Gasteiger partial charge in [0.25, 0.3) is 11.8 Å². The first-order chi connectivity index (χ1) is 10.5. The molecule has 1 aromatic carbocycles. The molecule has 0 aliphatic rings. The Hall–Kier alpha value is -2.76. The van der Waals surface area contributed by atoms with E-state index in [2.05, 4.69) is 4.98 Å². The summed E-state index contributed by atoms with van der Waals surface area (Å²) in [6.45, 7) is 1.89. The highest BCUT2D eigenvalue weighted by Crippen LogP contribution is 2.25. The average Bonchev–Trinajstić information content (AvgIpc) is 2.53. The van der Waals surface area contributed by atoms with Gasteiger partial charge in [-0.25, -0.2) is 4.39 Å². The highest BCUT2D eigenvalue weighted by molar-refractivity contribution is 6.10. The molecule has 0 bridgehead atoms. The van der Waals surface area contributed by atoms with Gasteiger partial charge < -0.3 is 10.6 Å². The number of pyridine rings is 1. The predicted molar refractivity (Wildman–Crippen MR) is 81.3 cm³/mol. The van der Waals surface area contributed by atoms with E-state index in [0.717, 1.165) is 10.5 Å². The number of halogens is 1. The molecule has 2 aromatic rings. The highest BCUT2D eigenvalue weighted by Gasteiger charge is 2.23. The lowest BCUT2D eigenvalue weighted by atomic mass is 10.1. The van der Waals surface area contributed by atoms with E-state index in [-0.39, 0.29) is 11.3 Å². The summed E-state index contributed by atoms with van der Waals surface area (Å²) in [4.78, 5) is 29.2. The maximum absolute atomic E-state index is 14.1. The molecule has 5 nitrogen and oxygen atoms in total. The van der Waals surface area contributed by atoms with Crippen molar-refractivity contribution in [2.24, 2.45) is 5.73 Å². The van der Waals surface area contributed by atoms with Crippen LogP contribution in [0.3, 0.4) is 0 Å². The second-order valence-electron chi connectivity index (χ2n) is 4.75. The van der Waals surface area contributed by atoms with Gasteiger partial charge in [-0.2, -0.15) is 0 Å². The molecule has 0 fully saturated rings. The maximum Gasteiger partial charge on any atom is 0.258 e. The third-order valence-electron chi connectivity index (χ3n) is 3.41. The number of benzene rings is 1. The lowest BCUT2D eigenvalue weighted by Gasteiger charge is -2.21. The quantitative estimate of drug-likeness (QED) is 0.940. The Balaban J connectivity index is 2.50. The Morgan fingerprint density at radius 1 is 1.27 bits per heavy atom. The molecule has 1 heterocycles. The van der Waals surface area contributed by atoms with Gasteiger partial charge in [0.2, 0.25) is 0 Å². The van der Waals surface area contributed by atoms with Gasteiger partial charge in [0.1, 0.15) is 5.82 Å². The van der Waals surface area contributed by atoms with E-state index in [4.69, 9.17) is 5.73 Å². The fourth-order valence-corrected chi connectivity index (χ4v) is 2.25. The smallest absolute Gasteiger partial charge is 0.258 e. The molecule has 1 aromatic heterocycles. The SMILES string of the molecule is CCc1cnccc1C(=O)N(C)c1c(F)cccc1C(N)=O. The summed E-state index contributed by atoms with van der Waals surface area (Å²) in [7, 11) is 1.41. The summed E-state index contributed by atoms with van der Waals surface area (Å²) in [5.41, 5.74) is 6.26. The number of primary amides is 1. The van der Waals surface area contributed by atoms with Gasteiger partial charge in [0.15, 0.2) is 0 Å². The second kappa shape index (κ2) is 6.34. The lowest BCUT2D eigenvalue weighted by Crippen LogP contribution is -2.30. The normalized spacial score (nSPS) is 10.3. The van der Waals surface area contributed by atoms with Crippen LogP contribution in [-0.2, 0) is 6.42 Å². The van der Waals surface area contributed by atoms with Gasteiger partial charge >= 0.3 is 0 Å². The summed E-state index contributed by atoms with van der Waals surface area (Å²) < 4.78 is 14.1. The fourth-order valence-electron chi connectivity index (χ4n) is 2.25. The van der Waals surface area contributed by atoms with E-state index in [1.807, 2.05) is 6.92 Å². The number of amides is 2. The molecule has 0 radical (unpaired) electrons. The number of aromatic nitrogens is 1. The van der Waals surface area contributed by atoms with Crippen LogP contribution in [0.15, 0.2) is 36.7 Å². The number of nitrogens with two attached hydrogens (primary N) is 1. The van der Waals surface area contributed by atoms with E-state index in [9.17, 15) is 14.0 Å². The molecule has 2 rings (SSSR count). The highest BCUT2D eigenvalue weighted by atomic mass is 19.1. The molecule has 0 atom stereocenters. The molecule has 22 heavy (non-hydrogen) atoms. The number of aryl methyl sites for hydroxylation is 1. The third-order valence-corrected chi connectivity index (χ3v) is 3.41. The molecule has 6 heteroatoms. The first kappa shape index (κ1) is 15.6. The van der Waals surface area contributed by atoms with Crippen LogP contribution in [0.25, 0.3) is 0 Å². The maximum atomic E-state index is 14.1. The Morgan fingerprint density at radius 2 is 2.00 bits per heavy atom. The minimum absolute atomic E-state index is 0.0389. The van der Waals surface area contributed by atoms with Gasteiger partial charge in [0.05, 0.1) is 11.3 Å². The molecular weight excluding hydrogens is 285 g/mol. The van der Waals surface area contributed by atoms with Crippen molar-refractivity contribution in [3.63, 3.8) is 0 Å². The Labute approximate surface area is 127 Å². The number of hydrogen-bond donors (Lipinski definition) is 1. The van der Waals surface area contributed by atoms with E-state index in [0.29, 0.717) is 12.0 Å². The van der Waals surface area contributed by atoms with Crippen molar-refractivity contribution in [3.05, 3.63) is 59.2 Å². The first-order valence-corrected chi connectivity index (χ1v) is 6.76. The van der Waals surface area contributed by atoms with Crippen LogP contribution < -0.4 is 10.6 Å². The lowest BCUT2D eigenvalue weighted by molar-refractivity contribution is 0.0990. The van der Waals surface area contributed by atoms with E-state index in [1.54, 1.807) is 12.3 Å². The number of carbonyl (C=O) groups is 2. The molecule has 0 saturated heterocycles. The van der Waals surface area contributed by atoms with E-state index < -0.39 is 17.6 Å². The average molecular weight is 301 g/mol. The molecule has 0 spiro atoms. The summed E-state index contributed by atoms with van der Waals surface area (Å²) in [5, 5.41) is 0. The Bertz CT molecular complexity index is 731. The zero-order valence-electron chi connectivity index (χ0n) is 12.3. The molecule has 114 valence electrons. The zero-order valence-corrected chi connectivity index (χ0v) is 12.3. The van der Waals surface area contributed by atoms with Crippen LogP contribution >= 0.6 is 0 Å². The summed E-state index contributed by atoms with van der Waals surface area (Å²) in [6, 6.07) is 5.51. The number of carbonyl (C=O) groups excluding carboxylic acids is 2. The first-order valence-electron chi connectivity index (χ1n) is 6.76. The van der Waals surface area contributed by atoms with Crippen LogP contribution in [0.1, 0.15) is 33.2 Å². The number of rotatable bonds is 4. The fraction of sp³-hybridized carbons (Fsp3) is 0.188. The van der Waals surface area contributed by atoms with Crippen LogP contribution in [0.5, 0.6) is 0 Å². The number of nitrogens with zero attached hydrogens (tertiary/aromatic N) is 2. The summed E-state index contributed by atoms with van der Waals surface area (Å²) >= 11 is 0. The Morgan fingerprint density at radius 3 is 2.64 bits per heavy atom. The molecule has 0 aliphatic heterocycles.